The standard InChI is InChI=1S/C21H21F5.C21H23F3.C20H19F5.C20H21F3.4H2/c1-2-3-12-4-6-13(7-5-12)14-8-16(22)20(17(23)9-14)15-10-18(24)21(26)19(25)11-15;1-2-3-14-4-6-15(7-5-14)16-8-10-17(11-9-16)18-12-19(22)21(24)20(23)13-18;1-2-11-3-5-12(6-4-11)13-7-15(21)19(16(22)8-13)14-9-17(23)20(25)18(24)10-14;1-2-13-3-5-14(6-4-13)15-7-9-16(10-8-15)17-11-18(21)20(23)19(22)12-17;;;;/h8-13H,2-7H2,1H3;8-15H,2-7H2,1H3;7-12H,2-6H2,1H3;7-14H,2-6H2,1H3;4*1H. The van der Waals surface area contributed by atoms with Gasteiger partial charge in [0.05, 0.1) is 11.1 Å². The van der Waals surface area contributed by atoms with Gasteiger partial charge in [-0.15, -0.1) is 0 Å². The Hall–Kier alpha value is -7.36. The van der Waals surface area contributed by atoms with Gasteiger partial charge in [-0.3, -0.25) is 0 Å². The Kier molecular flexibility index (Phi) is 26.4. The largest absolute Gasteiger partial charge is 0.206 e. The zero-order chi connectivity index (χ0) is 70.5. The van der Waals surface area contributed by atoms with Crippen molar-refractivity contribution in [2.45, 2.75) is 193 Å². The molecule has 0 amide bonds. The van der Waals surface area contributed by atoms with Gasteiger partial charge in [0.15, 0.2) is 69.8 Å². The fourth-order valence-corrected chi connectivity index (χ4v) is 15.1. The van der Waals surface area contributed by atoms with Gasteiger partial charge in [0.2, 0.25) is 0 Å². The summed E-state index contributed by atoms with van der Waals surface area (Å²) in [7, 11) is 0. The zero-order valence-electron chi connectivity index (χ0n) is 55.8. The summed E-state index contributed by atoms with van der Waals surface area (Å²) in [6.45, 7) is 8.78. The second kappa shape index (κ2) is 34.6. The van der Waals surface area contributed by atoms with Crippen LogP contribution in [0.3, 0.4) is 0 Å². The summed E-state index contributed by atoms with van der Waals surface area (Å²) in [4.78, 5) is 0. The molecule has 0 atom stereocenters. The lowest BCUT2D eigenvalue weighted by Crippen LogP contribution is -2.13. The van der Waals surface area contributed by atoms with E-state index in [4.69, 9.17) is 0 Å². The molecule has 0 saturated heterocycles. The van der Waals surface area contributed by atoms with Gasteiger partial charge in [-0.05, 0) is 279 Å². The molecule has 0 N–H and O–H groups in total. The van der Waals surface area contributed by atoms with Crippen LogP contribution < -0.4 is 0 Å². The van der Waals surface area contributed by atoms with E-state index in [-0.39, 0.29) is 28.7 Å². The maximum absolute atomic E-state index is 14.5. The van der Waals surface area contributed by atoms with Crippen molar-refractivity contribution < 1.29 is 76.0 Å². The fraction of sp³-hybridized carbons (Fsp3) is 0.415. The van der Waals surface area contributed by atoms with Crippen LogP contribution in [0.4, 0.5) is 70.2 Å². The quantitative estimate of drug-likeness (QED) is 0.0752. The first kappa shape index (κ1) is 74.9. The van der Waals surface area contributed by atoms with Gasteiger partial charge in [0.1, 0.15) is 23.3 Å². The Morgan fingerprint density at radius 3 is 0.673 bits per heavy atom. The molecule has 0 aliphatic heterocycles. The summed E-state index contributed by atoms with van der Waals surface area (Å²) in [5.41, 5.74) is 4.07. The number of benzene rings is 8. The van der Waals surface area contributed by atoms with E-state index in [0.29, 0.717) is 81.3 Å². The molecule has 4 aliphatic rings. The van der Waals surface area contributed by atoms with Gasteiger partial charge in [-0.1, -0.05) is 115 Å². The van der Waals surface area contributed by atoms with Crippen molar-refractivity contribution in [2.24, 2.45) is 23.7 Å². The second-order valence-corrected chi connectivity index (χ2v) is 27.2. The van der Waals surface area contributed by atoms with Crippen LogP contribution in [0.5, 0.6) is 0 Å². The number of hydrogen-bond acceptors (Lipinski definition) is 0. The van der Waals surface area contributed by atoms with Crippen molar-refractivity contribution in [3.8, 4) is 44.5 Å². The lowest BCUT2D eigenvalue weighted by atomic mass is 9.77. The van der Waals surface area contributed by atoms with Crippen LogP contribution in [0.2, 0.25) is 0 Å². The molecule has 0 radical (unpaired) electrons. The Morgan fingerprint density at radius 1 is 0.235 bits per heavy atom. The predicted molar refractivity (Wildman–Crippen MR) is 364 cm³/mol. The maximum atomic E-state index is 14.5. The summed E-state index contributed by atoms with van der Waals surface area (Å²) in [6, 6.07) is 27.2. The lowest BCUT2D eigenvalue weighted by molar-refractivity contribution is 0.307. The van der Waals surface area contributed by atoms with Crippen molar-refractivity contribution in [3.05, 3.63) is 237 Å². The predicted octanol–water partition coefficient (Wildman–Crippen LogP) is 28.1. The third-order valence-electron chi connectivity index (χ3n) is 21.0. The normalized spacial score (nSPS) is 20.9. The molecule has 0 nitrogen and oxygen atoms in total. The average Bonchev–Trinajstić information content (AvgIpc) is 0.793. The highest BCUT2D eigenvalue weighted by Gasteiger charge is 2.29. The molecule has 0 bridgehead atoms. The third-order valence-corrected chi connectivity index (χ3v) is 21.0. The SMILES string of the molecule is CCC1CCC(c2cc(F)c(-c3cc(F)c(F)c(F)c3)c(F)c2)CC1.CCC1CCC(c2ccc(-c3cc(F)c(F)c(F)c3)cc2)CC1.CCCC1CCC(c2cc(F)c(-c3cc(F)c(F)c(F)c3)c(F)c2)CC1.CCCC1CCC(c2ccc(-c3cc(F)c(F)c(F)c3)cc2)CC1.[HH].[HH].[HH].[HH]. The molecule has 4 fully saturated rings. The summed E-state index contributed by atoms with van der Waals surface area (Å²) in [5.74, 6) is -15.8. The van der Waals surface area contributed by atoms with E-state index < -0.39 is 104 Å². The topological polar surface area (TPSA) is 0 Å². The van der Waals surface area contributed by atoms with E-state index in [1.165, 1.54) is 112 Å². The average molecular weight is 1380 g/mol. The van der Waals surface area contributed by atoms with Crippen molar-refractivity contribution in [3.63, 3.8) is 0 Å². The zero-order valence-corrected chi connectivity index (χ0v) is 55.8. The second-order valence-electron chi connectivity index (χ2n) is 27.2. The fourth-order valence-electron chi connectivity index (χ4n) is 15.1. The van der Waals surface area contributed by atoms with Gasteiger partial charge in [0.25, 0.3) is 0 Å². The van der Waals surface area contributed by atoms with Gasteiger partial charge in [0, 0.05) is 5.71 Å². The van der Waals surface area contributed by atoms with Crippen LogP contribution in [-0.4, -0.2) is 0 Å². The molecule has 0 spiro atoms. The molecule has 98 heavy (non-hydrogen) atoms. The molecule has 0 unspecified atom stereocenters. The molecule has 532 valence electrons. The molecular formula is C82H92F16. The summed E-state index contributed by atoms with van der Waals surface area (Å²) >= 11 is 0. The number of halogens is 16. The minimum atomic E-state index is -1.66. The number of hydrogen-bond donors (Lipinski definition) is 0. The van der Waals surface area contributed by atoms with Crippen molar-refractivity contribution in [1.29, 1.82) is 0 Å². The van der Waals surface area contributed by atoms with Crippen LogP contribution in [0, 0.1) is 117 Å². The first-order valence-electron chi connectivity index (χ1n) is 34.7. The van der Waals surface area contributed by atoms with Gasteiger partial charge < -0.3 is 0 Å². The number of rotatable bonds is 14. The van der Waals surface area contributed by atoms with Gasteiger partial charge >= 0.3 is 0 Å². The van der Waals surface area contributed by atoms with E-state index in [9.17, 15) is 70.2 Å². The van der Waals surface area contributed by atoms with Crippen molar-refractivity contribution in [2.75, 3.05) is 0 Å². The molecule has 4 aliphatic carbocycles. The summed E-state index contributed by atoms with van der Waals surface area (Å²) in [6.07, 6.45) is 24.9. The summed E-state index contributed by atoms with van der Waals surface area (Å²) in [5, 5.41) is 0. The van der Waals surface area contributed by atoms with Crippen LogP contribution in [0.1, 0.15) is 221 Å². The first-order chi connectivity index (χ1) is 47.0. The highest BCUT2D eigenvalue weighted by Crippen LogP contribution is 2.44. The Bertz CT molecular complexity index is 3830. The van der Waals surface area contributed by atoms with Crippen LogP contribution in [0.25, 0.3) is 44.5 Å². The van der Waals surface area contributed by atoms with Crippen LogP contribution in [-0.2, 0) is 0 Å². The Labute approximate surface area is 571 Å². The van der Waals surface area contributed by atoms with Crippen molar-refractivity contribution >= 4 is 0 Å². The van der Waals surface area contributed by atoms with E-state index in [1.807, 2.05) is 48.5 Å². The molecular weight excluding hydrogens is 1290 g/mol. The monoisotopic (exact) mass is 1380 g/mol. The molecule has 4 saturated carbocycles. The molecule has 8 aromatic rings. The summed E-state index contributed by atoms with van der Waals surface area (Å²) < 4.78 is 217. The molecule has 8 aromatic carbocycles. The van der Waals surface area contributed by atoms with Crippen LogP contribution in [0.15, 0.2) is 121 Å². The maximum Gasteiger partial charge on any atom is 0.194 e. The molecule has 0 heterocycles. The Balaban J connectivity index is 0.000000242. The van der Waals surface area contributed by atoms with Gasteiger partial charge in [-0.25, -0.2) is 70.2 Å². The minimum Gasteiger partial charge on any atom is -0.206 e. The smallest absolute Gasteiger partial charge is 0.194 e. The van der Waals surface area contributed by atoms with E-state index in [0.717, 1.165) is 100 Å². The third kappa shape index (κ3) is 18.7. The van der Waals surface area contributed by atoms with Crippen molar-refractivity contribution in [1.82, 2.24) is 0 Å². The van der Waals surface area contributed by atoms with E-state index in [1.54, 1.807) is 0 Å². The molecule has 16 heteroatoms. The minimum absolute atomic E-state index is 0. The van der Waals surface area contributed by atoms with E-state index >= 15 is 0 Å². The highest BCUT2D eigenvalue weighted by atomic mass is 19.2. The van der Waals surface area contributed by atoms with Crippen LogP contribution >= 0.6 is 0 Å². The first-order valence-corrected chi connectivity index (χ1v) is 34.7. The lowest BCUT2D eigenvalue weighted by Gasteiger charge is -2.29. The Morgan fingerprint density at radius 2 is 0.449 bits per heavy atom. The molecule has 0 aromatic heterocycles. The van der Waals surface area contributed by atoms with E-state index in [2.05, 4.69) is 27.7 Å². The van der Waals surface area contributed by atoms with Gasteiger partial charge in [-0.2, -0.15) is 0 Å². The highest BCUT2D eigenvalue weighted by molar-refractivity contribution is 5.68. The molecule has 12 rings (SSSR count).